The van der Waals surface area contributed by atoms with E-state index in [-0.39, 0.29) is 5.69 Å². The van der Waals surface area contributed by atoms with Gasteiger partial charge in [0.1, 0.15) is 0 Å². The average molecular weight is 267 g/mol. The molecule has 0 aliphatic rings. The third-order valence-electron chi connectivity index (χ3n) is 2.31. The number of nitro groups is 1. The summed E-state index contributed by atoms with van der Waals surface area (Å²) < 4.78 is 1.50. The number of nitro benzene ring substituents is 1. The second kappa shape index (κ2) is 5.05. The van der Waals surface area contributed by atoms with Crippen LogP contribution in [0.4, 0.5) is 11.4 Å². The molecule has 0 aliphatic heterocycles. The summed E-state index contributed by atoms with van der Waals surface area (Å²) in [6, 6.07) is 4.71. The fraction of sp³-hybridized carbons (Fsp3) is 0.182. The summed E-state index contributed by atoms with van der Waals surface area (Å²) in [4.78, 5) is 10.4. The van der Waals surface area contributed by atoms with E-state index in [1.165, 1.54) is 23.0 Å². The molecule has 0 saturated heterocycles. The smallest absolute Gasteiger partial charge is 0.273 e. The van der Waals surface area contributed by atoms with Crippen molar-refractivity contribution >= 4 is 23.0 Å². The highest BCUT2D eigenvalue weighted by molar-refractivity contribution is 6.30. The van der Waals surface area contributed by atoms with Crippen molar-refractivity contribution in [3.8, 4) is 5.69 Å². The van der Waals surface area contributed by atoms with Crippen LogP contribution in [-0.2, 0) is 0 Å². The summed E-state index contributed by atoms with van der Waals surface area (Å²) in [5.41, 5.74) is 1.27. The number of anilines is 1. The van der Waals surface area contributed by atoms with E-state index in [0.29, 0.717) is 22.9 Å². The Labute approximate surface area is 108 Å². The van der Waals surface area contributed by atoms with Gasteiger partial charge in [-0.2, -0.15) is 5.10 Å². The fourth-order valence-electron chi connectivity index (χ4n) is 1.58. The van der Waals surface area contributed by atoms with Gasteiger partial charge >= 0.3 is 0 Å². The first-order chi connectivity index (χ1) is 8.60. The molecule has 0 spiro atoms. The van der Waals surface area contributed by atoms with E-state index in [1.807, 2.05) is 6.92 Å². The number of halogens is 1. The second-order valence-electron chi connectivity index (χ2n) is 3.63. The Bertz CT molecular complexity index is 582. The van der Waals surface area contributed by atoms with Gasteiger partial charge < -0.3 is 5.32 Å². The minimum atomic E-state index is -0.435. The number of aromatic nitrogens is 2. The summed E-state index contributed by atoms with van der Waals surface area (Å²) in [6.45, 7) is 2.60. The van der Waals surface area contributed by atoms with Gasteiger partial charge in [-0.25, -0.2) is 4.68 Å². The second-order valence-corrected chi connectivity index (χ2v) is 4.07. The van der Waals surface area contributed by atoms with Crippen LogP contribution in [0.15, 0.2) is 30.6 Å². The molecule has 0 amide bonds. The number of benzene rings is 1. The van der Waals surface area contributed by atoms with Crippen LogP contribution in [0.2, 0.25) is 5.02 Å². The molecular formula is C11H11ClN4O2. The highest BCUT2D eigenvalue weighted by Crippen LogP contribution is 2.23. The summed E-state index contributed by atoms with van der Waals surface area (Å²) in [7, 11) is 0. The Morgan fingerprint density at radius 2 is 2.28 bits per heavy atom. The highest BCUT2D eigenvalue weighted by Gasteiger charge is 2.11. The predicted molar refractivity (Wildman–Crippen MR) is 69.4 cm³/mol. The van der Waals surface area contributed by atoms with E-state index >= 15 is 0 Å². The molecule has 1 N–H and O–H groups in total. The SMILES string of the molecule is CCNc1cc(-n2cc(Cl)cn2)cc([N+](=O)[O-])c1. The number of rotatable bonds is 4. The minimum absolute atomic E-state index is 0.00933. The van der Waals surface area contributed by atoms with Gasteiger partial charge in [-0.15, -0.1) is 0 Å². The van der Waals surface area contributed by atoms with E-state index in [4.69, 9.17) is 11.6 Å². The molecule has 18 heavy (non-hydrogen) atoms. The lowest BCUT2D eigenvalue weighted by Gasteiger charge is -2.07. The molecular weight excluding hydrogens is 256 g/mol. The molecule has 0 bridgehead atoms. The maximum absolute atomic E-state index is 10.9. The predicted octanol–water partition coefficient (Wildman–Crippen LogP) is 2.87. The number of nitrogens with zero attached hydrogens (tertiary/aromatic N) is 3. The van der Waals surface area contributed by atoms with Crippen LogP contribution in [0.1, 0.15) is 6.92 Å². The van der Waals surface area contributed by atoms with Crippen molar-refractivity contribution in [1.82, 2.24) is 9.78 Å². The molecule has 0 fully saturated rings. The topological polar surface area (TPSA) is 73.0 Å². The van der Waals surface area contributed by atoms with Crippen molar-refractivity contribution in [3.05, 3.63) is 45.7 Å². The molecule has 1 aromatic heterocycles. The van der Waals surface area contributed by atoms with Crippen LogP contribution in [0.25, 0.3) is 5.69 Å². The van der Waals surface area contributed by atoms with Gasteiger partial charge in [0.05, 0.1) is 21.8 Å². The Morgan fingerprint density at radius 1 is 1.50 bits per heavy atom. The zero-order valence-electron chi connectivity index (χ0n) is 9.63. The lowest BCUT2D eigenvalue weighted by Crippen LogP contribution is -2.01. The standard InChI is InChI=1S/C11H11ClN4O2/c1-2-13-9-3-10(5-11(4-9)16(17)18)15-7-8(12)6-14-15/h3-7,13H,2H2,1H3. The van der Waals surface area contributed by atoms with Gasteiger partial charge in [0.15, 0.2) is 0 Å². The van der Waals surface area contributed by atoms with Crippen molar-refractivity contribution in [2.45, 2.75) is 6.92 Å². The van der Waals surface area contributed by atoms with Crippen molar-refractivity contribution < 1.29 is 4.92 Å². The molecule has 0 saturated carbocycles. The van der Waals surface area contributed by atoms with Crippen molar-refractivity contribution in [2.75, 3.05) is 11.9 Å². The average Bonchev–Trinajstić information content (AvgIpc) is 2.76. The van der Waals surface area contributed by atoms with Gasteiger partial charge in [0.2, 0.25) is 0 Å². The molecule has 1 heterocycles. The summed E-state index contributed by atoms with van der Waals surface area (Å²) in [6.07, 6.45) is 3.07. The lowest BCUT2D eigenvalue weighted by atomic mass is 10.2. The zero-order valence-corrected chi connectivity index (χ0v) is 10.4. The molecule has 2 aromatic rings. The molecule has 0 unspecified atom stereocenters. The summed E-state index contributed by atoms with van der Waals surface area (Å²) >= 11 is 5.78. The first-order valence-corrected chi connectivity index (χ1v) is 5.72. The number of non-ortho nitro benzene ring substituents is 1. The zero-order chi connectivity index (χ0) is 13.1. The first-order valence-electron chi connectivity index (χ1n) is 5.34. The van der Waals surface area contributed by atoms with Crippen molar-refractivity contribution in [2.24, 2.45) is 0 Å². The van der Waals surface area contributed by atoms with Crippen LogP contribution in [0, 0.1) is 10.1 Å². The lowest BCUT2D eigenvalue weighted by molar-refractivity contribution is -0.384. The minimum Gasteiger partial charge on any atom is -0.385 e. The van der Waals surface area contributed by atoms with E-state index in [2.05, 4.69) is 10.4 Å². The Hall–Kier alpha value is -2.08. The Balaban J connectivity index is 2.49. The van der Waals surface area contributed by atoms with Crippen LogP contribution in [0.5, 0.6) is 0 Å². The largest absolute Gasteiger partial charge is 0.385 e. The number of nitrogens with one attached hydrogen (secondary N) is 1. The molecule has 0 radical (unpaired) electrons. The van der Waals surface area contributed by atoms with Gasteiger partial charge in [-0.05, 0) is 13.0 Å². The van der Waals surface area contributed by atoms with Gasteiger partial charge in [-0.1, -0.05) is 11.6 Å². The van der Waals surface area contributed by atoms with Crippen molar-refractivity contribution in [1.29, 1.82) is 0 Å². The quantitative estimate of drug-likeness (QED) is 0.682. The number of hydrogen-bond donors (Lipinski definition) is 1. The fourth-order valence-corrected chi connectivity index (χ4v) is 1.72. The molecule has 7 heteroatoms. The molecule has 1 aromatic carbocycles. The molecule has 0 aliphatic carbocycles. The van der Waals surface area contributed by atoms with Crippen LogP contribution in [-0.4, -0.2) is 21.2 Å². The maximum atomic E-state index is 10.9. The van der Waals surface area contributed by atoms with E-state index < -0.39 is 4.92 Å². The summed E-state index contributed by atoms with van der Waals surface area (Å²) in [5.74, 6) is 0. The van der Waals surface area contributed by atoms with Crippen molar-refractivity contribution in [3.63, 3.8) is 0 Å². The Morgan fingerprint density at radius 3 is 2.83 bits per heavy atom. The van der Waals surface area contributed by atoms with Crippen LogP contribution < -0.4 is 5.32 Å². The Kier molecular flexibility index (Phi) is 3.47. The van der Waals surface area contributed by atoms with Crippen LogP contribution >= 0.6 is 11.6 Å². The van der Waals surface area contributed by atoms with Gasteiger partial charge in [-0.3, -0.25) is 10.1 Å². The monoisotopic (exact) mass is 266 g/mol. The third-order valence-corrected chi connectivity index (χ3v) is 2.51. The van der Waals surface area contributed by atoms with Crippen LogP contribution in [0.3, 0.4) is 0 Å². The van der Waals surface area contributed by atoms with Gasteiger partial charge in [0, 0.05) is 30.6 Å². The third kappa shape index (κ3) is 2.60. The highest BCUT2D eigenvalue weighted by atomic mass is 35.5. The number of hydrogen-bond acceptors (Lipinski definition) is 4. The summed E-state index contributed by atoms with van der Waals surface area (Å²) in [5, 5.41) is 18.4. The maximum Gasteiger partial charge on any atom is 0.273 e. The first kappa shape index (κ1) is 12.4. The molecule has 0 atom stereocenters. The van der Waals surface area contributed by atoms with Gasteiger partial charge in [0.25, 0.3) is 5.69 Å². The molecule has 94 valence electrons. The normalized spacial score (nSPS) is 10.3. The molecule has 2 rings (SSSR count). The van der Waals surface area contributed by atoms with E-state index in [0.717, 1.165) is 0 Å². The molecule has 6 nitrogen and oxygen atoms in total. The van der Waals surface area contributed by atoms with E-state index in [1.54, 1.807) is 12.3 Å². The van der Waals surface area contributed by atoms with E-state index in [9.17, 15) is 10.1 Å².